The quantitative estimate of drug-likeness (QED) is 0.688. The molecule has 0 saturated carbocycles. The van der Waals surface area contributed by atoms with Crippen LogP contribution < -0.4 is 5.32 Å². The smallest absolute Gasteiger partial charge is 0.340 e. The third-order valence-corrected chi connectivity index (χ3v) is 2.42. The molecule has 0 aliphatic carbocycles. The average molecular weight is 283 g/mol. The Morgan fingerprint density at radius 2 is 1.95 bits per heavy atom. The van der Waals surface area contributed by atoms with E-state index in [2.05, 4.69) is 10.3 Å². The highest BCUT2D eigenvalue weighted by atomic mass is 19.4. The van der Waals surface area contributed by atoms with Crippen molar-refractivity contribution in [2.24, 2.45) is 0 Å². The molecule has 8 heteroatoms. The van der Waals surface area contributed by atoms with Crippen LogP contribution in [0.5, 0.6) is 0 Å². The predicted octanol–water partition coefficient (Wildman–Crippen LogP) is 3.75. The standard InChI is InChI=1S/C12H8F3N3O2/c13-12(14,15)8-2-1-3-9(6-8)17-11-5-4-10(7-16-11)18(19)20/h1-7H,(H,16,17). The number of nitrogens with one attached hydrogen (secondary N) is 1. The van der Waals surface area contributed by atoms with E-state index in [1.54, 1.807) is 0 Å². The van der Waals surface area contributed by atoms with Gasteiger partial charge in [0.25, 0.3) is 5.69 Å². The average Bonchev–Trinajstić information content (AvgIpc) is 2.38. The van der Waals surface area contributed by atoms with Crippen molar-refractivity contribution in [2.75, 3.05) is 5.32 Å². The Morgan fingerprint density at radius 3 is 2.50 bits per heavy atom. The molecule has 20 heavy (non-hydrogen) atoms. The minimum absolute atomic E-state index is 0.195. The second-order valence-electron chi connectivity index (χ2n) is 3.86. The van der Waals surface area contributed by atoms with E-state index in [0.717, 1.165) is 18.3 Å². The van der Waals surface area contributed by atoms with E-state index in [0.29, 0.717) is 0 Å². The maximum absolute atomic E-state index is 12.5. The molecule has 0 spiro atoms. The first-order chi connectivity index (χ1) is 9.36. The van der Waals surface area contributed by atoms with Crippen molar-refractivity contribution >= 4 is 17.2 Å². The SMILES string of the molecule is O=[N+]([O-])c1ccc(Nc2cccc(C(F)(F)F)c2)nc1. The Hall–Kier alpha value is -2.64. The van der Waals surface area contributed by atoms with Crippen LogP contribution >= 0.6 is 0 Å². The summed E-state index contributed by atoms with van der Waals surface area (Å²) in [7, 11) is 0. The number of nitro groups is 1. The highest BCUT2D eigenvalue weighted by Crippen LogP contribution is 2.31. The molecule has 0 amide bonds. The number of alkyl halides is 3. The second-order valence-corrected chi connectivity index (χ2v) is 3.86. The topological polar surface area (TPSA) is 68.1 Å². The van der Waals surface area contributed by atoms with Crippen molar-refractivity contribution in [1.29, 1.82) is 0 Å². The van der Waals surface area contributed by atoms with Crippen molar-refractivity contribution in [3.63, 3.8) is 0 Å². The molecular weight excluding hydrogens is 275 g/mol. The third kappa shape index (κ3) is 3.22. The summed E-state index contributed by atoms with van der Waals surface area (Å²) < 4.78 is 37.6. The number of rotatable bonds is 3. The summed E-state index contributed by atoms with van der Waals surface area (Å²) in [6.45, 7) is 0. The summed E-state index contributed by atoms with van der Waals surface area (Å²) in [6.07, 6.45) is -3.41. The van der Waals surface area contributed by atoms with Crippen LogP contribution in [0.15, 0.2) is 42.6 Å². The fourth-order valence-corrected chi connectivity index (χ4v) is 1.49. The van der Waals surface area contributed by atoms with Crippen LogP contribution in [0.1, 0.15) is 5.56 Å². The molecule has 5 nitrogen and oxygen atoms in total. The number of halogens is 3. The largest absolute Gasteiger partial charge is 0.416 e. The summed E-state index contributed by atoms with van der Waals surface area (Å²) in [6, 6.07) is 7.12. The van der Waals surface area contributed by atoms with Crippen LogP contribution in [0, 0.1) is 10.1 Å². The molecule has 1 aromatic carbocycles. The number of hydrogen-bond donors (Lipinski definition) is 1. The molecule has 0 saturated heterocycles. The molecular formula is C12H8F3N3O2. The summed E-state index contributed by atoms with van der Waals surface area (Å²) in [5.74, 6) is 0.218. The van der Waals surface area contributed by atoms with Gasteiger partial charge in [0.1, 0.15) is 12.0 Å². The van der Waals surface area contributed by atoms with Gasteiger partial charge in [-0.05, 0) is 24.3 Å². The summed E-state index contributed by atoms with van der Waals surface area (Å²) >= 11 is 0. The number of benzene rings is 1. The van der Waals surface area contributed by atoms with Crippen LogP contribution in [0.2, 0.25) is 0 Å². The molecule has 2 rings (SSSR count). The van der Waals surface area contributed by atoms with Crippen molar-refractivity contribution in [3.05, 3.63) is 58.3 Å². The second kappa shape index (κ2) is 5.16. The zero-order chi connectivity index (χ0) is 14.8. The van der Waals surface area contributed by atoms with Gasteiger partial charge < -0.3 is 5.32 Å². The number of hydrogen-bond acceptors (Lipinski definition) is 4. The van der Waals surface area contributed by atoms with Gasteiger partial charge in [-0.15, -0.1) is 0 Å². The molecule has 1 aromatic heterocycles. The van der Waals surface area contributed by atoms with Gasteiger partial charge in [-0.3, -0.25) is 10.1 Å². The number of aromatic nitrogens is 1. The first kappa shape index (κ1) is 13.8. The van der Waals surface area contributed by atoms with E-state index in [-0.39, 0.29) is 17.2 Å². The third-order valence-electron chi connectivity index (χ3n) is 2.42. The van der Waals surface area contributed by atoms with Crippen molar-refractivity contribution in [1.82, 2.24) is 4.98 Å². The Bertz CT molecular complexity index is 627. The first-order valence-corrected chi connectivity index (χ1v) is 5.41. The maximum Gasteiger partial charge on any atom is 0.416 e. The highest BCUT2D eigenvalue weighted by Gasteiger charge is 2.30. The summed E-state index contributed by atoms with van der Waals surface area (Å²) in [4.78, 5) is 13.6. The molecule has 1 N–H and O–H groups in total. The van der Waals surface area contributed by atoms with Gasteiger partial charge in [-0.1, -0.05) is 6.07 Å². The fraction of sp³-hybridized carbons (Fsp3) is 0.0833. The van der Waals surface area contributed by atoms with Crippen LogP contribution in [0.4, 0.5) is 30.4 Å². The van der Waals surface area contributed by atoms with Gasteiger partial charge in [0.05, 0.1) is 10.5 Å². The summed E-state index contributed by atoms with van der Waals surface area (Å²) in [5, 5.41) is 13.1. The van der Waals surface area contributed by atoms with Gasteiger partial charge in [-0.2, -0.15) is 13.2 Å². The van der Waals surface area contributed by atoms with Crippen molar-refractivity contribution in [2.45, 2.75) is 6.18 Å². The van der Waals surface area contributed by atoms with E-state index in [1.165, 1.54) is 24.3 Å². The summed E-state index contributed by atoms with van der Waals surface area (Å²) in [5.41, 5.74) is -0.787. The van der Waals surface area contributed by atoms with Crippen LogP contribution in [0.25, 0.3) is 0 Å². The molecule has 0 aliphatic rings. The van der Waals surface area contributed by atoms with E-state index in [4.69, 9.17) is 0 Å². The zero-order valence-electron chi connectivity index (χ0n) is 9.89. The van der Waals surface area contributed by atoms with Gasteiger partial charge in [0.15, 0.2) is 0 Å². The lowest BCUT2D eigenvalue weighted by Gasteiger charge is -2.09. The molecule has 104 valence electrons. The first-order valence-electron chi connectivity index (χ1n) is 5.41. The lowest BCUT2D eigenvalue weighted by Crippen LogP contribution is -2.05. The Morgan fingerprint density at radius 1 is 1.20 bits per heavy atom. The predicted molar refractivity (Wildman–Crippen MR) is 65.6 cm³/mol. The molecule has 0 unspecified atom stereocenters. The van der Waals surface area contributed by atoms with Gasteiger partial charge in [-0.25, -0.2) is 4.98 Å². The Kier molecular flexibility index (Phi) is 3.55. The Balaban J connectivity index is 2.20. The Labute approximate surface area is 111 Å². The van der Waals surface area contributed by atoms with Crippen molar-refractivity contribution < 1.29 is 18.1 Å². The number of anilines is 2. The van der Waals surface area contributed by atoms with E-state index in [9.17, 15) is 23.3 Å². The van der Waals surface area contributed by atoms with Crippen LogP contribution in [0.3, 0.4) is 0 Å². The van der Waals surface area contributed by atoms with E-state index < -0.39 is 16.7 Å². The highest BCUT2D eigenvalue weighted by molar-refractivity contribution is 5.57. The number of pyridine rings is 1. The minimum atomic E-state index is -4.43. The van der Waals surface area contributed by atoms with E-state index >= 15 is 0 Å². The molecule has 2 aromatic rings. The van der Waals surface area contributed by atoms with Crippen LogP contribution in [-0.4, -0.2) is 9.91 Å². The lowest BCUT2D eigenvalue weighted by atomic mass is 10.2. The minimum Gasteiger partial charge on any atom is -0.340 e. The van der Waals surface area contributed by atoms with Gasteiger partial charge >= 0.3 is 6.18 Å². The van der Waals surface area contributed by atoms with E-state index in [1.807, 2.05) is 0 Å². The zero-order valence-corrected chi connectivity index (χ0v) is 9.89. The molecule has 0 bridgehead atoms. The molecule has 1 heterocycles. The molecule has 0 aliphatic heterocycles. The molecule has 0 atom stereocenters. The normalized spacial score (nSPS) is 11.2. The van der Waals surface area contributed by atoms with Gasteiger partial charge in [0.2, 0.25) is 0 Å². The van der Waals surface area contributed by atoms with Crippen LogP contribution in [-0.2, 0) is 6.18 Å². The number of nitrogens with zero attached hydrogens (tertiary/aromatic N) is 2. The lowest BCUT2D eigenvalue weighted by molar-refractivity contribution is -0.385. The van der Waals surface area contributed by atoms with Gasteiger partial charge in [0, 0.05) is 11.8 Å². The van der Waals surface area contributed by atoms with Crippen molar-refractivity contribution in [3.8, 4) is 0 Å². The molecule has 0 fully saturated rings. The maximum atomic E-state index is 12.5. The fourth-order valence-electron chi connectivity index (χ4n) is 1.49. The molecule has 0 radical (unpaired) electrons. The monoisotopic (exact) mass is 283 g/mol.